The average Bonchev–Trinajstić information content (AvgIpc) is 2.74. The second-order valence-electron chi connectivity index (χ2n) is 8.09. The van der Waals surface area contributed by atoms with Crippen LogP contribution < -0.4 is 10.6 Å². The summed E-state index contributed by atoms with van der Waals surface area (Å²) in [6.45, 7) is 3.66. The van der Waals surface area contributed by atoms with E-state index in [4.69, 9.17) is 0 Å². The van der Waals surface area contributed by atoms with Crippen LogP contribution in [0.25, 0.3) is 0 Å². The summed E-state index contributed by atoms with van der Waals surface area (Å²) in [4.78, 5) is 11.9. The first-order valence-corrected chi connectivity index (χ1v) is 8.20. The van der Waals surface area contributed by atoms with Crippen LogP contribution in [0.15, 0.2) is 0 Å². The highest BCUT2D eigenvalue weighted by Crippen LogP contribution is 2.72. The van der Waals surface area contributed by atoms with E-state index >= 15 is 0 Å². The lowest BCUT2D eigenvalue weighted by molar-refractivity contribution is -0.134. The van der Waals surface area contributed by atoms with Gasteiger partial charge in [0.15, 0.2) is 0 Å². The maximum atomic E-state index is 11.9. The van der Waals surface area contributed by atoms with E-state index in [0.717, 1.165) is 36.5 Å². The van der Waals surface area contributed by atoms with E-state index in [0.29, 0.717) is 22.9 Å². The molecule has 19 heavy (non-hydrogen) atoms. The maximum Gasteiger partial charge on any atom is 0.220 e. The Balaban J connectivity index is 1.68. The molecule has 1 amide bonds. The molecule has 3 nitrogen and oxygen atoms in total. The minimum atomic E-state index is 0.308. The number of hydrogen-bond acceptors (Lipinski definition) is 2. The molecular weight excluding hydrogens is 236 g/mol. The van der Waals surface area contributed by atoms with Crippen LogP contribution in [-0.2, 0) is 4.79 Å². The predicted octanol–water partition coefficient (Wildman–Crippen LogP) is 1.68. The lowest BCUT2D eigenvalue weighted by Crippen LogP contribution is -2.71. The van der Waals surface area contributed by atoms with Gasteiger partial charge >= 0.3 is 0 Å². The van der Waals surface area contributed by atoms with Crippen molar-refractivity contribution >= 4 is 5.91 Å². The van der Waals surface area contributed by atoms with Gasteiger partial charge in [-0.1, -0.05) is 6.92 Å². The second kappa shape index (κ2) is 3.19. The van der Waals surface area contributed by atoms with Crippen molar-refractivity contribution in [2.45, 2.75) is 57.0 Å². The molecule has 7 atom stereocenters. The number of carbonyl (C=O) groups is 1. The van der Waals surface area contributed by atoms with E-state index in [1.54, 1.807) is 0 Å². The van der Waals surface area contributed by atoms with Gasteiger partial charge in [0.05, 0.1) is 0 Å². The van der Waals surface area contributed by atoms with Crippen molar-refractivity contribution in [1.29, 1.82) is 0 Å². The molecule has 2 saturated heterocycles. The topological polar surface area (TPSA) is 41.1 Å². The molecule has 0 aromatic rings. The summed E-state index contributed by atoms with van der Waals surface area (Å²) in [5, 5.41) is 7.38. The molecule has 2 heterocycles. The van der Waals surface area contributed by atoms with Crippen molar-refractivity contribution in [3.05, 3.63) is 0 Å². The third-order valence-electron chi connectivity index (χ3n) is 7.60. The first-order chi connectivity index (χ1) is 9.16. The zero-order valence-electron chi connectivity index (χ0n) is 11.7. The van der Waals surface area contributed by atoms with Crippen LogP contribution in [0.4, 0.5) is 0 Å². The van der Waals surface area contributed by atoms with Crippen LogP contribution in [0.3, 0.4) is 0 Å². The fourth-order valence-electron chi connectivity index (χ4n) is 7.36. The Kier molecular flexibility index (Phi) is 1.87. The lowest BCUT2D eigenvalue weighted by atomic mass is 9.48. The summed E-state index contributed by atoms with van der Waals surface area (Å²) in [7, 11) is 0. The summed E-state index contributed by atoms with van der Waals surface area (Å²) in [6, 6.07) is 0.477. The molecule has 5 rings (SSSR count). The molecule has 3 aliphatic carbocycles. The third kappa shape index (κ3) is 1.03. The molecule has 5 bridgehead atoms. The van der Waals surface area contributed by atoms with Crippen molar-refractivity contribution in [3.63, 3.8) is 0 Å². The van der Waals surface area contributed by atoms with Gasteiger partial charge in [-0.25, -0.2) is 0 Å². The maximum absolute atomic E-state index is 11.9. The number of rotatable bonds is 0. The molecule has 0 aromatic carbocycles. The van der Waals surface area contributed by atoms with Gasteiger partial charge in [0, 0.05) is 23.4 Å². The van der Waals surface area contributed by atoms with E-state index in [-0.39, 0.29) is 0 Å². The largest absolute Gasteiger partial charge is 0.353 e. The van der Waals surface area contributed by atoms with Gasteiger partial charge in [0.1, 0.15) is 0 Å². The van der Waals surface area contributed by atoms with Crippen LogP contribution in [0.2, 0.25) is 0 Å². The Morgan fingerprint density at radius 3 is 3.05 bits per heavy atom. The van der Waals surface area contributed by atoms with Crippen molar-refractivity contribution < 1.29 is 4.79 Å². The Morgan fingerprint density at radius 2 is 2.16 bits per heavy atom. The van der Waals surface area contributed by atoms with Crippen LogP contribution >= 0.6 is 0 Å². The Labute approximate surface area is 114 Å². The Bertz CT molecular complexity index is 464. The van der Waals surface area contributed by atoms with Crippen LogP contribution in [0.1, 0.15) is 45.4 Å². The zero-order valence-corrected chi connectivity index (χ0v) is 11.7. The number of nitrogens with one attached hydrogen (secondary N) is 2. The SMILES string of the molecule is CC1CC2CC3NC(=O)CCC34C3CNC4(C1)C2C3. The van der Waals surface area contributed by atoms with Gasteiger partial charge in [0.25, 0.3) is 0 Å². The molecule has 2 spiro atoms. The van der Waals surface area contributed by atoms with E-state index in [2.05, 4.69) is 17.6 Å². The summed E-state index contributed by atoms with van der Waals surface area (Å²) in [5.74, 6) is 3.77. The predicted molar refractivity (Wildman–Crippen MR) is 72.4 cm³/mol. The molecule has 0 radical (unpaired) electrons. The quantitative estimate of drug-likeness (QED) is 0.696. The molecule has 2 aliphatic heterocycles. The molecule has 2 N–H and O–H groups in total. The first-order valence-electron chi connectivity index (χ1n) is 8.20. The molecule has 3 heteroatoms. The van der Waals surface area contributed by atoms with Crippen molar-refractivity contribution in [1.82, 2.24) is 10.6 Å². The highest BCUT2D eigenvalue weighted by molar-refractivity contribution is 5.77. The fourth-order valence-corrected chi connectivity index (χ4v) is 7.36. The number of carbonyl (C=O) groups excluding carboxylic acids is 1. The molecule has 5 fully saturated rings. The van der Waals surface area contributed by atoms with Gasteiger partial charge < -0.3 is 10.6 Å². The number of hydrogen-bond donors (Lipinski definition) is 2. The average molecular weight is 260 g/mol. The van der Waals surface area contributed by atoms with E-state index in [1.165, 1.54) is 32.2 Å². The van der Waals surface area contributed by atoms with E-state index < -0.39 is 0 Å². The normalized spacial score (nSPS) is 61.7. The monoisotopic (exact) mass is 260 g/mol. The Morgan fingerprint density at radius 1 is 1.26 bits per heavy atom. The van der Waals surface area contributed by atoms with Gasteiger partial charge in [-0.05, 0) is 62.3 Å². The smallest absolute Gasteiger partial charge is 0.220 e. The van der Waals surface area contributed by atoms with Crippen molar-refractivity contribution in [2.75, 3.05) is 6.54 Å². The molecular formula is C16H24N2O. The minimum Gasteiger partial charge on any atom is -0.353 e. The van der Waals surface area contributed by atoms with Crippen molar-refractivity contribution in [2.24, 2.45) is 29.1 Å². The third-order valence-corrected chi connectivity index (χ3v) is 7.60. The first kappa shape index (κ1) is 11.1. The highest BCUT2D eigenvalue weighted by Gasteiger charge is 2.76. The fraction of sp³-hybridized carbons (Fsp3) is 0.938. The van der Waals surface area contributed by atoms with Crippen molar-refractivity contribution in [3.8, 4) is 0 Å². The van der Waals surface area contributed by atoms with E-state index in [1.807, 2.05) is 0 Å². The summed E-state index contributed by atoms with van der Waals surface area (Å²) in [5.41, 5.74) is 0.799. The molecule has 5 aliphatic rings. The molecule has 3 saturated carbocycles. The van der Waals surface area contributed by atoms with Gasteiger partial charge in [-0.2, -0.15) is 0 Å². The second-order valence-corrected chi connectivity index (χ2v) is 8.09. The van der Waals surface area contributed by atoms with Crippen LogP contribution in [0, 0.1) is 29.1 Å². The zero-order chi connectivity index (χ0) is 12.8. The minimum absolute atomic E-state index is 0.308. The highest BCUT2D eigenvalue weighted by atomic mass is 16.1. The van der Waals surface area contributed by atoms with Gasteiger partial charge in [-0.3, -0.25) is 4.79 Å². The Hall–Kier alpha value is -0.570. The summed E-state index contributed by atoms with van der Waals surface area (Å²) < 4.78 is 0. The van der Waals surface area contributed by atoms with Gasteiger partial charge in [0.2, 0.25) is 5.91 Å². The number of piperidine rings is 2. The van der Waals surface area contributed by atoms with Gasteiger partial charge in [-0.15, -0.1) is 0 Å². The molecule has 0 aromatic heterocycles. The molecule has 7 unspecified atom stereocenters. The summed E-state index contributed by atoms with van der Waals surface area (Å²) in [6.07, 6.45) is 7.37. The standard InChI is InChI=1S/C16H24N2O/c1-9-4-10-5-13-15(3-2-14(19)18-13)11-6-12(10)16(15,7-9)17-8-11/h9-13,17H,2-8H2,1H3,(H,18,19). The lowest BCUT2D eigenvalue weighted by Gasteiger charge is -2.62. The summed E-state index contributed by atoms with van der Waals surface area (Å²) >= 11 is 0. The van der Waals surface area contributed by atoms with Crippen LogP contribution in [0.5, 0.6) is 0 Å². The number of amides is 1. The molecule has 104 valence electrons. The van der Waals surface area contributed by atoms with E-state index in [9.17, 15) is 4.79 Å². The van der Waals surface area contributed by atoms with Crippen LogP contribution in [-0.4, -0.2) is 24.0 Å².